The minimum absolute atomic E-state index is 0.847. The molecular weight excluding hydrogens is 1790 g/mol. The smallest absolute Gasteiger partial charge is 0.143 e. The van der Waals surface area contributed by atoms with Gasteiger partial charge in [-0.1, -0.05) is 346 Å². The van der Waals surface area contributed by atoms with Crippen LogP contribution in [0.15, 0.2) is 552 Å². The molecule has 688 valence electrons. The third-order valence-electron chi connectivity index (χ3n) is 29.2. The molecule has 8 heteroatoms. The summed E-state index contributed by atoms with van der Waals surface area (Å²) in [5, 5.41) is 26.9. The monoisotopic (exact) mass is 1880 g/mol. The SMILES string of the molecule is c1ccc(-c2ccc(N(c3ccccc3)c3ccc4c(-c5ccc6cc(-c7ccccc7)ccc6c5)cc5ccccc5c4c3)cc2)cc1.c1ccc(N(c2ccc3c(c2)cc(-c2ccc4ccccc4n2)c2ccccc23)c2ccc3oc4ccccc4c3c2)cc1.c1ccc2c(c1)cc(N(c1ccc3c(c1)oc1ccccc13)c1ccc3oc4ccccc4c3c1)c1ccc(-c3cccc4c3oc3ccccc34)cc12. The molecule has 0 fully saturated rings. The van der Waals surface area contributed by atoms with Gasteiger partial charge in [-0.2, -0.15) is 0 Å². The van der Waals surface area contributed by atoms with Crippen LogP contribution in [0.2, 0.25) is 0 Å². The van der Waals surface area contributed by atoms with Crippen molar-refractivity contribution >= 4 is 225 Å². The van der Waals surface area contributed by atoms with Crippen LogP contribution in [0.4, 0.5) is 51.2 Å². The Balaban J connectivity index is 0.000000107. The molecule has 25 aromatic carbocycles. The second-order valence-corrected chi connectivity index (χ2v) is 37.9. The quantitative estimate of drug-likeness (QED) is 0.0997. The van der Waals surface area contributed by atoms with E-state index in [1.165, 1.54) is 98.0 Å². The van der Waals surface area contributed by atoms with Crippen LogP contribution < -0.4 is 14.7 Å². The third kappa shape index (κ3) is 15.3. The maximum atomic E-state index is 6.51. The van der Waals surface area contributed by atoms with E-state index >= 15 is 0 Å². The number of furan rings is 4. The van der Waals surface area contributed by atoms with Crippen LogP contribution in [0, 0.1) is 0 Å². The maximum Gasteiger partial charge on any atom is 0.143 e. The standard InChI is InChI=1S/C50H29NO3.C48H33N.C41H26N2O/c1-2-11-34-30(10-1)27-44(36-23-20-31(26-42(34)36)35-15-9-16-41-38-13-4-8-19-47(38)54-50(35)41)51(32-22-25-48-43(28-32)39-14-5-7-18-46(39)52-48)33-21-24-40-37-12-3-6-17-45(37)53-49(40)29-33;1-4-12-34(13-5-1)36-24-26-43(27-25-36)49(42-17-8-3-9-18-42)44-28-29-46-47(32-40-16-10-11-19-45(40)48(46)33-44)41-23-22-38-30-37(20-21-39(38)31-41)35-14-6-2-7-15-35;1-2-11-29(12-3-1)43(31-20-23-41-37(26-31)35-15-7-9-17-40(35)44-41)30-19-21-32-28(24-30)25-36(34-14-6-5-13-33(32)34)39-22-18-27-10-4-8-16-38(27)42-39/h1-29H;1-33H;1-26H. The lowest BCUT2D eigenvalue weighted by atomic mass is 9.91. The number of nitrogens with zero attached hydrogens (tertiary/aromatic N) is 4. The van der Waals surface area contributed by atoms with Gasteiger partial charge in [-0.15, -0.1) is 0 Å². The normalized spacial score (nSPS) is 11.7. The van der Waals surface area contributed by atoms with E-state index in [-0.39, 0.29) is 0 Å². The summed E-state index contributed by atoms with van der Waals surface area (Å²) in [6, 6.07) is 190. The van der Waals surface area contributed by atoms with Gasteiger partial charge in [0.25, 0.3) is 0 Å². The lowest BCUT2D eigenvalue weighted by molar-refractivity contribution is 0.668. The van der Waals surface area contributed by atoms with Gasteiger partial charge >= 0.3 is 0 Å². The van der Waals surface area contributed by atoms with Crippen molar-refractivity contribution in [1.29, 1.82) is 0 Å². The van der Waals surface area contributed by atoms with Gasteiger partial charge < -0.3 is 32.4 Å². The van der Waals surface area contributed by atoms with E-state index in [9.17, 15) is 0 Å². The number of rotatable bonds is 14. The van der Waals surface area contributed by atoms with E-state index in [0.717, 1.165) is 183 Å². The van der Waals surface area contributed by atoms with Gasteiger partial charge in [0, 0.05) is 117 Å². The van der Waals surface area contributed by atoms with Crippen LogP contribution >= 0.6 is 0 Å². The number of aromatic nitrogens is 1. The van der Waals surface area contributed by atoms with Crippen LogP contribution in [-0.4, -0.2) is 4.98 Å². The Morgan fingerprint density at radius 1 is 0.143 bits per heavy atom. The highest BCUT2D eigenvalue weighted by molar-refractivity contribution is 6.21. The Hall–Kier alpha value is -19.7. The van der Waals surface area contributed by atoms with Crippen molar-refractivity contribution in [3.8, 4) is 55.8 Å². The first-order valence-electron chi connectivity index (χ1n) is 50.0. The molecule has 0 atom stereocenters. The average Bonchev–Trinajstić information content (AvgIpc) is 1.65. The minimum atomic E-state index is 0.847. The summed E-state index contributed by atoms with van der Waals surface area (Å²) < 4.78 is 25.4. The van der Waals surface area contributed by atoms with Crippen molar-refractivity contribution in [1.82, 2.24) is 4.98 Å². The zero-order valence-electron chi connectivity index (χ0n) is 79.7. The molecule has 0 aliphatic rings. The predicted molar refractivity (Wildman–Crippen MR) is 618 cm³/mol. The summed E-state index contributed by atoms with van der Waals surface area (Å²) in [6.45, 7) is 0. The first kappa shape index (κ1) is 85.3. The van der Waals surface area contributed by atoms with Gasteiger partial charge in [0.15, 0.2) is 0 Å². The van der Waals surface area contributed by atoms with Crippen LogP contribution in [0.25, 0.3) is 230 Å². The van der Waals surface area contributed by atoms with Crippen molar-refractivity contribution in [3.63, 3.8) is 0 Å². The molecule has 0 bridgehead atoms. The van der Waals surface area contributed by atoms with Crippen molar-refractivity contribution < 1.29 is 17.7 Å². The summed E-state index contributed by atoms with van der Waals surface area (Å²) in [7, 11) is 0. The molecule has 30 aromatic rings. The largest absolute Gasteiger partial charge is 0.456 e. The molecule has 0 saturated carbocycles. The van der Waals surface area contributed by atoms with Gasteiger partial charge in [-0.05, 0) is 291 Å². The molecule has 0 radical (unpaired) electrons. The number of para-hydroxylation sites is 8. The Morgan fingerprint density at radius 2 is 0.510 bits per heavy atom. The third-order valence-corrected chi connectivity index (χ3v) is 29.2. The van der Waals surface area contributed by atoms with E-state index in [4.69, 9.17) is 22.7 Å². The lowest BCUT2D eigenvalue weighted by Gasteiger charge is -2.28. The summed E-state index contributed by atoms with van der Waals surface area (Å²) in [6.07, 6.45) is 0. The van der Waals surface area contributed by atoms with Gasteiger partial charge in [0.1, 0.15) is 44.7 Å². The molecule has 0 N–H and O–H groups in total. The van der Waals surface area contributed by atoms with Gasteiger partial charge in [0.2, 0.25) is 0 Å². The second kappa shape index (κ2) is 35.8. The van der Waals surface area contributed by atoms with E-state index in [1.54, 1.807) is 0 Å². The fourth-order valence-electron chi connectivity index (χ4n) is 22.2. The molecule has 147 heavy (non-hydrogen) atoms. The highest BCUT2D eigenvalue weighted by Crippen LogP contribution is 2.51. The molecule has 0 aliphatic carbocycles. The molecule has 30 rings (SSSR count). The molecule has 5 heterocycles. The van der Waals surface area contributed by atoms with Crippen molar-refractivity contribution in [3.05, 3.63) is 534 Å². The molecule has 0 spiro atoms. The first-order valence-corrected chi connectivity index (χ1v) is 50.0. The fraction of sp³-hybridized carbons (Fsp3) is 0. The highest BCUT2D eigenvalue weighted by Gasteiger charge is 2.26. The fourth-order valence-corrected chi connectivity index (χ4v) is 22.2. The topological polar surface area (TPSA) is 75.2 Å². The van der Waals surface area contributed by atoms with Crippen LogP contribution in [0.1, 0.15) is 0 Å². The number of anilines is 9. The molecule has 8 nitrogen and oxygen atoms in total. The first-order chi connectivity index (χ1) is 72.8. The van der Waals surface area contributed by atoms with Crippen molar-refractivity contribution in [2.45, 2.75) is 0 Å². The molecule has 0 aliphatic heterocycles. The summed E-state index contributed by atoms with van der Waals surface area (Å²) in [4.78, 5) is 12.1. The predicted octanol–water partition coefficient (Wildman–Crippen LogP) is 40.0. The minimum Gasteiger partial charge on any atom is -0.456 e. The van der Waals surface area contributed by atoms with E-state index in [1.807, 2.05) is 54.6 Å². The van der Waals surface area contributed by atoms with E-state index < -0.39 is 0 Å². The summed E-state index contributed by atoms with van der Waals surface area (Å²) >= 11 is 0. The number of hydrogen-bond donors (Lipinski definition) is 0. The molecule has 0 saturated heterocycles. The van der Waals surface area contributed by atoms with Gasteiger partial charge in [-0.25, -0.2) is 4.98 Å². The van der Waals surface area contributed by atoms with Crippen LogP contribution in [0.5, 0.6) is 0 Å². The molecule has 0 unspecified atom stereocenters. The Bertz CT molecular complexity index is 10400. The van der Waals surface area contributed by atoms with Crippen molar-refractivity contribution in [2.75, 3.05) is 14.7 Å². The molecule has 0 amide bonds. The Labute approximate surface area is 846 Å². The summed E-state index contributed by atoms with van der Waals surface area (Å²) in [5.41, 5.74) is 29.4. The zero-order chi connectivity index (χ0) is 96.9. The Morgan fingerprint density at radius 3 is 1.15 bits per heavy atom. The Kier molecular flexibility index (Phi) is 20.8. The number of benzene rings is 25. The second-order valence-electron chi connectivity index (χ2n) is 37.9. The van der Waals surface area contributed by atoms with E-state index in [2.05, 4.69) is 494 Å². The average molecular weight is 1880 g/mol. The van der Waals surface area contributed by atoms with Crippen molar-refractivity contribution in [2.24, 2.45) is 0 Å². The maximum absolute atomic E-state index is 6.51. The summed E-state index contributed by atoms with van der Waals surface area (Å²) in [5.74, 6) is 0. The number of fused-ring (bicyclic) bond motifs is 23. The molecule has 5 aromatic heterocycles. The van der Waals surface area contributed by atoms with Gasteiger partial charge in [0.05, 0.1) is 16.9 Å². The lowest BCUT2D eigenvalue weighted by Crippen LogP contribution is -2.10. The molecular formula is C139H88N4O4. The van der Waals surface area contributed by atoms with E-state index in [0.29, 0.717) is 0 Å². The zero-order valence-corrected chi connectivity index (χ0v) is 79.7. The highest BCUT2D eigenvalue weighted by atomic mass is 16.3. The van der Waals surface area contributed by atoms with Crippen LogP contribution in [-0.2, 0) is 0 Å². The van der Waals surface area contributed by atoms with Gasteiger partial charge in [-0.3, -0.25) is 0 Å². The number of pyridine rings is 1. The number of hydrogen-bond acceptors (Lipinski definition) is 8. The van der Waals surface area contributed by atoms with Crippen LogP contribution in [0.3, 0.4) is 0 Å².